The van der Waals surface area contributed by atoms with Gasteiger partial charge < -0.3 is 15.2 Å². The van der Waals surface area contributed by atoms with E-state index in [0.29, 0.717) is 18.3 Å². The summed E-state index contributed by atoms with van der Waals surface area (Å²) in [6, 6.07) is 10.4. The molecule has 0 spiro atoms. The zero-order valence-electron chi connectivity index (χ0n) is 11.8. The lowest BCUT2D eigenvalue weighted by molar-refractivity contribution is 0.385. The number of nitrogen functional groups attached to an aromatic ring is 1. The summed E-state index contributed by atoms with van der Waals surface area (Å²) in [7, 11) is 2.02. The van der Waals surface area contributed by atoms with Crippen molar-refractivity contribution in [3.63, 3.8) is 0 Å². The van der Waals surface area contributed by atoms with E-state index in [0.717, 1.165) is 17.9 Å². The third-order valence-electron chi connectivity index (χ3n) is 3.49. The number of anilines is 2. The summed E-state index contributed by atoms with van der Waals surface area (Å²) in [6.07, 6.45) is 1.16. The topological polar surface area (TPSA) is 55.3 Å². The molecule has 2 aromatic rings. The molecule has 102 valence electrons. The Morgan fingerprint density at radius 3 is 2.53 bits per heavy atom. The molecule has 1 aromatic carbocycles. The van der Waals surface area contributed by atoms with Gasteiger partial charge in [0.2, 0.25) is 0 Å². The van der Waals surface area contributed by atoms with E-state index in [-0.39, 0.29) is 0 Å². The molecule has 2 rings (SSSR count). The van der Waals surface area contributed by atoms with E-state index in [1.54, 1.807) is 6.07 Å². The fourth-order valence-corrected chi connectivity index (χ4v) is 2.02. The zero-order chi connectivity index (χ0) is 13.8. The quantitative estimate of drug-likeness (QED) is 0.894. The number of nitrogens with two attached hydrogens (primary N) is 1. The summed E-state index contributed by atoms with van der Waals surface area (Å²) < 4.78 is 5.12. The van der Waals surface area contributed by atoms with Crippen LogP contribution in [0.4, 0.5) is 11.5 Å². The number of rotatable bonds is 5. The van der Waals surface area contributed by atoms with Crippen LogP contribution in [0.15, 0.2) is 34.9 Å². The minimum absolute atomic E-state index is 0.426. The van der Waals surface area contributed by atoms with Crippen molar-refractivity contribution in [2.24, 2.45) is 0 Å². The Balaban J connectivity index is 2.05. The molecule has 1 atom stereocenters. The first-order valence-electron chi connectivity index (χ1n) is 6.62. The van der Waals surface area contributed by atoms with Crippen molar-refractivity contribution < 1.29 is 4.52 Å². The summed E-state index contributed by atoms with van der Waals surface area (Å²) in [5.41, 5.74) is 8.07. The summed E-state index contributed by atoms with van der Waals surface area (Å²) in [6.45, 7) is 5.11. The Hall–Kier alpha value is -1.97. The molecule has 4 heteroatoms. The SMILES string of the molecule is CCC(C)c1ccc(N(C)Cc2cc(N)no2)cc1. The van der Waals surface area contributed by atoms with Crippen LogP contribution in [0.3, 0.4) is 0 Å². The van der Waals surface area contributed by atoms with Crippen molar-refractivity contribution in [1.82, 2.24) is 5.16 Å². The molecule has 0 saturated heterocycles. The molecule has 1 heterocycles. The maximum atomic E-state index is 5.54. The molecule has 0 aliphatic heterocycles. The van der Waals surface area contributed by atoms with Crippen LogP contribution in [-0.2, 0) is 6.54 Å². The number of hydrogen-bond donors (Lipinski definition) is 1. The maximum Gasteiger partial charge on any atom is 0.167 e. The number of aromatic nitrogens is 1. The Bertz CT molecular complexity index is 518. The average Bonchev–Trinajstić information content (AvgIpc) is 2.83. The largest absolute Gasteiger partial charge is 0.381 e. The molecule has 0 saturated carbocycles. The van der Waals surface area contributed by atoms with E-state index < -0.39 is 0 Å². The first-order chi connectivity index (χ1) is 9.10. The molecule has 0 bridgehead atoms. The second kappa shape index (κ2) is 5.78. The highest BCUT2D eigenvalue weighted by atomic mass is 16.5. The molecule has 1 aromatic heterocycles. The van der Waals surface area contributed by atoms with Crippen LogP contribution in [0.2, 0.25) is 0 Å². The van der Waals surface area contributed by atoms with Gasteiger partial charge in [-0.1, -0.05) is 31.1 Å². The Kier molecular flexibility index (Phi) is 4.10. The van der Waals surface area contributed by atoms with Crippen molar-refractivity contribution >= 4 is 11.5 Å². The van der Waals surface area contributed by atoms with Gasteiger partial charge in [-0.2, -0.15) is 0 Å². The van der Waals surface area contributed by atoms with Gasteiger partial charge in [-0.15, -0.1) is 0 Å². The van der Waals surface area contributed by atoms with E-state index in [4.69, 9.17) is 10.3 Å². The lowest BCUT2D eigenvalue weighted by Crippen LogP contribution is -2.15. The van der Waals surface area contributed by atoms with E-state index >= 15 is 0 Å². The van der Waals surface area contributed by atoms with Gasteiger partial charge in [0.05, 0.1) is 6.54 Å². The molecule has 0 aliphatic rings. The first kappa shape index (κ1) is 13.5. The molecular formula is C15H21N3O. The molecular weight excluding hydrogens is 238 g/mol. The number of hydrogen-bond acceptors (Lipinski definition) is 4. The van der Waals surface area contributed by atoms with Crippen molar-refractivity contribution in [3.05, 3.63) is 41.7 Å². The maximum absolute atomic E-state index is 5.54. The normalized spacial score (nSPS) is 12.4. The van der Waals surface area contributed by atoms with Crippen molar-refractivity contribution in [2.45, 2.75) is 32.7 Å². The predicted octanol–water partition coefficient (Wildman–Crippen LogP) is 3.41. The van der Waals surface area contributed by atoms with Crippen LogP contribution < -0.4 is 10.6 Å². The van der Waals surface area contributed by atoms with Gasteiger partial charge in [0, 0.05) is 18.8 Å². The van der Waals surface area contributed by atoms with Crippen LogP contribution in [0.1, 0.15) is 37.5 Å². The summed E-state index contributed by atoms with van der Waals surface area (Å²) in [4.78, 5) is 2.11. The van der Waals surface area contributed by atoms with Crippen molar-refractivity contribution in [3.8, 4) is 0 Å². The minimum atomic E-state index is 0.426. The van der Waals surface area contributed by atoms with Crippen molar-refractivity contribution in [1.29, 1.82) is 0 Å². The molecule has 0 fully saturated rings. The van der Waals surface area contributed by atoms with Crippen LogP contribution in [-0.4, -0.2) is 12.2 Å². The molecule has 0 radical (unpaired) electrons. The Morgan fingerprint density at radius 1 is 1.32 bits per heavy atom. The highest BCUT2D eigenvalue weighted by Gasteiger charge is 2.08. The molecule has 19 heavy (non-hydrogen) atoms. The van der Waals surface area contributed by atoms with E-state index in [2.05, 4.69) is 48.2 Å². The summed E-state index contributed by atoms with van der Waals surface area (Å²) in [5.74, 6) is 1.80. The van der Waals surface area contributed by atoms with E-state index in [9.17, 15) is 0 Å². The zero-order valence-corrected chi connectivity index (χ0v) is 11.8. The number of benzene rings is 1. The molecule has 0 amide bonds. The number of nitrogens with zero attached hydrogens (tertiary/aromatic N) is 2. The third kappa shape index (κ3) is 3.28. The Morgan fingerprint density at radius 2 is 2.00 bits per heavy atom. The highest BCUT2D eigenvalue weighted by Crippen LogP contribution is 2.22. The van der Waals surface area contributed by atoms with Crippen LogP contribution in [0.5, 0.6) is 0 Å². The lowest BCUT2D eigenvalue weighted by Gasteiger charge is -2.18. The highest BCUT2D eigenvalue weighted by molar-refractivity contribution is 5.47. The summed E-state index contributed by atoms with van der Waals surface area (Å²) in [5, 5.41) is 3.69. The van der Waals surface area contributed by atoms with Gasteiger partial charge in [-0.05, 0) is 30.0 Å². The first-order valence-corrected chi connectivity index (χ1v) is 6.62. The fraction of sp³-hybridized carbons (Fsp3) is 0.400. The Labute approximate surface area is 114 Å². The third-order valence-corrected chi connectivity index (χ3v) is 3.49. The standard InChI is InChI=1S/C15H21N3O/c1-4-11(2)12-5-7-13(8-6-12)18(3)10-14-9-15(16)17-19-14/h5-9,11H,4,10H2,1-3H3,(H2,16,17). The molecule has 0 aliphatic carbocycles. The van der Waals surface area contributed by atoms with Crippen molar-refractivity contribution in [2.75, 3.05) is 17.7 Å². The average molecular weight is 259 g/mol. The monoisotopic (exact) mass is 259 g/mol. The lowest BCUT2D eigenvalue weighted by atomic mass is 9.98. The second-order valence-electron chi connectivity index (χ2n) is 4.97. The minimum Gasteiger partial charge on any atom is -0.381 e. The smallest absolute Gasteiger partial charge is 0.167 e. The van der Waals surface area contributed by atoms with Crippen LogP contribution in [0, 0.1) is 0 Å². The van der Waals surface area contributed by atoms with E-state index in [1.165, 1.54) is 5.56 Å². The van der Waals surface area contributed by atoms with E-state index in [1.807, 2.05) is 7.05 Å². The second-order valence-corrected chi connectivity index (χ2v) is 4.97. The van der Waals surface area contributed by atoms with Crippen LogP contribution >= 0.6 is 0 Å². The fourth-order valence-electron chi connectivity index (χ4n) is 2.02. The summed E-state index contributed by atoms with van der Waals surface area (Å²) >= 11 is 0. The van der Waals surface area contributed by atoms with Gasteiger partial charge in [-0.25, -0.2) is 0 Å². The predicted molar refractivity (Wildman–Crippen MR) is 78.2 cm³/mol. The van der Waals surface area contributed by atoms with Gasteiger partial charge in [0.15, 0.2) is 11.6 Å². The molecule has 2 N–H and O–H groups in total. The van der Waals surface area contributed by atoms with Crippen LogP contribution in [0.25, 0.3) is 0 Å². The van der Waals surface area contributed by atoms with Gasteiger partial charge in [0.1, 0.15) is 0 Å². The molecule has 1 unspecified atom stereocenters. The van der Waals surface area contributed by atoms with Gasteiger partial charge in [-0.3, -0.25) is 0 Å². The van der Waals surface area contributed by atoms with Gasteiger partial charge >= 0.3 is 0 Å². The van der Waals surface area contributed by atoms with Gasteiger partial charge in [0.25, 0.3) is 0 Å². The molecule has 4 nitrogen and oxygen atoms in total.